The first-order chi connectivity index (χ1) is 9.71. The number of hydrogen-bond acceptors (Lipinski definition) is 5. The van der Waals surface area contributed by atoms with Crippen LogP contribution < -0.4 is 14.4 Å². The van der Waals surface area contributed by atoms with Gasteiger partial charge < -0.3 is 19.5 Å². The first-order valence-electron chi connectivity index (χ1n) is 6.51. The first-order valence-corrected chi connectivity index (χ1v) is 6.51. The summed E-state index contributed by atoms with van der Waals surface area (Å²) in [6.07, 6.45) is 1.51. The molecule has 0 atom stereocenters. The molecular weight excluding hydrogens is 262 g/mol. The number of rotatable bonds is 6. The standard InChI is InChI=1S/C14H17NO5/c1-2-5-19-12-7-10(8-17)6-11-14(12)20-9-13(18)15(11)3-4-16/h6-8,16H,2-5,9H2,1H3. The highest BCUT2D eigenvalue weighted by molar-refractivity contribution is 5.99. The summed E-state index contributed by atoms with van der Waals surface area (Å²) >= 11 is 0. The fourth-order valence-electron chi connectivity index (χ4n) is 2.03. The first kappa shape index (κ1) is 14.3. The topological polar surface area (TPSA) is 76.1 Å². The summed E-state index contributed by atoms with van der Waals surface area (Å²) in [4.78, 5) is 24.3. The van der Waals surface area contributed by atoms with Gasteiger partial charge in [0.2, 0.25) is 0 Å². The zero-order valence-electron chi connectivity index (χ0n) is 11.3. The molecule has 0 aromatic heterocycles. The Morgan fingerprint density at radius 3 is 2.95 bits per heavy atom. The van der Waals surface area contributed by atoms with Crippen LogP contribution in [0.5, 0.6) is 11.5 Å². The van der Waals surface area contributed by atoms with E-state index in [1.165, 1.54) is 4.90 Å². The van der Waals surface area contributed by atoms with Crippen LogP contribution >= 0.6 is 0 Å². The Labute approximate surface area is 116 Å². The van der Waals surface area contributed by atoms with Gasteiger partial charge >= 0.3 is 0 Å². The molecule has 6 nitrogen and oxygen atoms in total. The van der Waals surface area contributed by atoms with Gasteiger partial charge in [-0.1, -0.05) is 6.92 Å². The molecule has 0 spiro atoms. The lowest BCUT2D eigenvalue weighted by atomic mass is 10.1. The van der Waals surface area contributed by atoms with Crippen LogP contribution in [0.15, 0.2) is 12.1 Å². The second-order valence-electron chi connectivity index (χ2n) is 4.39. The molecule has 0 fully saturated rings. The minimum absolute atomic E-state index is 0.101. The number of nitrogens with zero attached hydrogens (tertiary/aromatic N) is 1. The number of β-amino-alcohol motifs (C(OH)–C–C–N with tert-alkyl or cyclic N) is 1. The molecule has 108 valence electrons. The molecular formula is C14H17NO5. The summed E-state index contributed by atoms with van der Waals surface area (Å²) in [6.45, 7) is 2.35. The number of benzene rings is 1. The third kappa shape index (κ3) is 2.75. The normalized spacial score (nSPS) is 13.7. The fraction of sp³-hybridized carbons (Fsp3) is 0.429. The zero-order chi connectivity index (χ0) is 14.5. The van der Waals surface area contributed by atoms with Crippen molar-refractivity contribution in [1.82, 2.24) is 0 Å². The summed E-state index contributed by atoms with van der Waals surface area (Å²) in [6, 6.07) is 3.16. The van der Waals surface area contributed by atoms with E-state index in [4.69, 9.17) is 14.6 Å². The predicted molar refractivity (Wildman–Crippen MR) is 72.5 cm³/mol. The Bertz CT molecular complexity index is 515. The molecule has 1 aliphatic rings. The van der Waals surface area contributed by atoms with Gasteiger partial charge in [0.1, 0.15) is 6.29 Å². The number of carbonyl (C=O) groups excluding carboxylic acids is 2. The van der Waals surface area contributed by atoms with Crippen LogP contribution in [0.1, 0.15) is 23.7 Å². The van der Waals surface area contributed by atoms with Crippen molar-refractivity contribution in [2.24, 2.45) is 0 Å². The summed E-state index contributed by atoms with van der Waals surface area (Å²) in [5.74, 6) is 0.634. The molecule has 6 heteroatoms. The Balaban J connectivity index is 2.46. The van der Waals surface area contributed by atoms with Crippen LogP contribution in [-0.4, -0.2) is 43.7 Å². The van der Waals surface area contributed by atoms with Crippen LogP contribution in [0.25, 0.3) is 0 Å². The molecule has 0 saturated carbocycles. The molecule has 0 bridgehead atoms. The second-order valence-corrected chi connectivity index (χ2v) is 4.39. The van der Waals surface area contributed by atoms with Gasteiger partial charge in [0.05, 0.1) is 18.9 Å². The van der Waals surface area contributed by atoms with E-state index in [2.05, 4.69) is 0 Å². The number of anilines is 1. The van der Waals surface area contributed by atoms with E-state index in [-0.39, 0.29) is 25.7 Å². The second kappa shape index (κ2) is 6.38. The monoisotopic (exact) mass is 279 g/mol. The third-order valence-corrected chi connectivity index (χ3v) is 2.91. The lowest BCUT2D eigenvalue weighted by Gasteiger charge is -2.30. The van der Waals surface area contributed by atoms with E-state index in [0.717, 1.165) is 6.42 Å². The van der Waals surface area contributed by atoms with Crippen molar-refractivity contribution in [3.63, 3.8) is 0 Å². The highest BCUT2D eigenvalue weighted by Crippen LogP contribution is 2.41. The van der Waals surface area contributed by atoms with Crippen LogP contribution in [0.2, 0.25) is 0 Å². The van der Waals surface area contributed by atoms with Gasteiger partial charge in [-0.05, 0) is 18.6 Å². The lowest BCUT2D eigenvalue weighted by molar-refractivity contribution is -0.121. The predicted octanol–water partition coefficient (Wildman–Crippen LogP) is 1.01. The largest absolute Gasteiger partial charge is 0.490 e. The van der Waals surface area contributed by atoms with Gasteiger partial charge in [-0.25, -0.2) is 0 Å². The lowest BCUT2D eigenvalue weighted by Crippen LogP contribution is -2.40. The van der Waals surface area contributed by atoms with Crippen molar-refractivity contribution in [3.8, 4) is 11.5 Å². The number of fused-ring (bicyclic) bond motifs is 1. The van der Waals surface area contributed by atoms with Crippen LogP contribution in [0, 0.1) is 0 Å². The number of aldehydes is 1. The van der Waals surface area contributed by atoms with Gasteiger partial charge in [-0.3, -0.25) is 9.59 Å². The van der Waals surface area contributed by atoms with Crippen LogP contribution in [-0.2, 0) is 4.79 Å². The average Bonchev–Trinajstić information content (AvgIpc) is 2.47. The fourth-order valence-corrected chi connectivity index (χ4v) is 2.03. The van der Waals surface area contributed by atoms with Crippen LogP contribution in [0.4, 0.5) is 5.69 Å². The number of ether oxygens (including phenoxy) is 2. The molecule has 1 aromatic rings. The molecule has 2 rings (SSSR count). The van der Waals surface area contributed by atoms with Gasteiger partial charge in [0.25, 0.3) is 5.91 Å². The number of amides is 1. The van der Waals surface area contributed by atoms with E-state index >= 15 is 0 Å². The number of aliphatic hydroxyl groups is 1. The maximum Gasteiger partial charge on any atom is 0.265 e. The highest BCUT2D eigenvalue weighted by atomic mass is 16.5. The van der Waals surface area contributed by atoms with E-state index in [0.29, 0.717) is 35.6 Å². The molecule has 1 aromatic carbocycles. The molecule has 0 radical (unpaired) electrons. The van der Waals surface area contributed by atoms with Crippen molar-refractivity contribution in [2.75, 3.05) is 31.3 Å². The van der Waals surface area contributed by atoms with E-state index in [9.17, 15) is 9.59 Å². The van der Waals surface area contributed by atoms with Crippen molar-refractivity contribution < 1.29 is 24.2 Å². The molecule has 0 aliphatic carbocycles. The quantitative estimate of drug-likeness (QED) is 0.786. The summed E-state index contributed by atoms with van der Waals surface area (Å²) in [7, 11) is 0. The van der Waals surface area contributed by atoms with Crippen molar-refractivity contribution >= 4 is 17.9 Å². The number of carbonyl (C=O) groups is 2. The molecule has 1 aliphatic heterocycles. The molecule has 1 amide bonds. The Morgan fingerprint density at radius 2 is 2.30 bits per heavy atom. The van der Waals surface area contributed by atoms with E-state index in [1.54, 1.807) is 12.1 Å². The van der Waals surface area contributed by atoms with E-state index in [1.807, 2.05) is 6.92 Å². The van der Waals surface area contributed by atoms with Gasteiger partial charge in [-0.15, -0.1) is 0 Å². The maximum atomic E-state index is 11.8. The van der Waals surface area contributed by atoms with Crippen molar-refractivity contribution in [2.45, 2.75) is 13.3 Å². The number of aliphatic hydroxyl groups excluding tert-OH is 1. The van der Waals surface area contributed by atoms with Crippen LogP contribution in [0.3, 0.4) is 0 Å². The zero-order valence-corrected chi connectivity index (χ0v) is 11.3. The maximum absolute atomic E-state index is 11.8. The highest BCUT2D eigenvalue weighted by Gasteiger charge is 2.28. The Morgan fingerprint density at radius 1 is 1.50 bits per heavy atom. The summed E-state index contributed by atoms with van der Waals surface area (Å²) in [5, 5.41) is 9.06. The molecule has 20 heavy (non-hydrogen) atoms. The van der Waals surface area contributed by atoms with Gasteiger partial charge in [0.15, 0.2) is 18.1 Å². The molecule has 1 heterocycles. The molecule has 0 saturated heterocycles. The Kier molecular flexibility index (Phi) is 4.57. The summed E-state index contributed by atoms with van der Waals surface area (Å²) < 4.78 is 11.0. The van der Waals surface area contributed by atoms with Gasteiger partial charge in [0, 0.05) is 12.1 Å². The average molecular weight is 279 g/mol. The minimum atomic E-state index is -0.254. The molecule has 0 unspecified atom stereocenters. The smallest absolute Gasteiger partial charge is 0.265 e. The Hall–Kier alpha value is -2.08. The molecule has 1 N–H and O–H groups in total. The SMILES string of the molecule is CCCOc1cc(C=O)cc2c1OCC(=O)N2CCO. The number of hydrogen-bond donors (Lipinski definition) is 1. The summed E-state index contributed by atoms with van der Waals surface area (Å²) in [5.41, 5.74) is 0.863. The van der Waals surface area contributed by atoms with Crippen molar-refractivity contribution in [3.05, 3.63) is 17.7 Å². The van der Waals surface area contributed by atoms with Crippen molar-refractivity contribution in [1.29, 1.82) is 0 Å². The van der Waals surface area contributed by atoms with E-state index < -0.39 is 0 Å². The van der Waals surface area contributed by atoms with Gasteiger partial charge in [-0.2, -0.15) is 0 Å². The minimum Gasteiger partial charge on any atom is -0.490 e. The third-order valence-electron chi connectivity index (χ3n) is 2.91.